The van der Waals surface area contributed by atoms with Gasteiger partial charge in [0.25, 0.3) is 0 Å². The molecule has 80 valence electrons. The molecule has 0 saturated heterocycles. The number of halogens is 4. The van der Waals surface area contributed by atoms with Gasteiger partial charge < -0.3 is 4.74 Å². The number of nitriles is 1. The highest BCUT2D eigenvalue weighted by Gasteiger charge is 2.32. The van der Waals surface area contributed by atoms with Crippen LogP contribution in [0.25, 0.3) is 0 Å². The molecule has 0 aliphatic carbocycles. The van der Waals surface area contributed by atoms with Gasteiger partial charge in [-0.15, -0.1) is 13.2 Å². The molecule has 0 aliphatic rings. The van der Waals surface area contributed by atoms with Gasteiger partial charge in [0, 0.05) is 6.20 Å². The molecule has 0 aromatic carbocycles. The van der Waals surface area contributed by atoms with Gasteiger partial charge in [-0.2, -0.15) is 5.26 Å². The van der Waals surface area contributed by atoms with E-state index in [-0.39, 0.29) is 21.4 Å². The molecule has 1 rings (SSSR count). The first-order valence-corrected chi connectivity index (χ1v) is 4.78. The average Bonchev–Trinajstić information content (AvgIpc) is 2.10. The van der Waals surface area contributed by atoms with Gasteiger partial charge in [-0.05, 0) is 28.7 Å². The van der Waals surface area contributed by atoms with Crippen LogP contribution in [0.15, 0.2) is 12.3 Å². The molecule has 1 heterocycles. The third-order valence-electron chi connectivity index (χ3n) is 1.40. The molecule has 15 heavy (non-hydrogen) atoms. The van der Waals surface area contributed by atoms with E-state index in [9.17, 15) is 13.2 Å². The first-order chi connectivity index (χ1) is 6.94. The first-order valence-electron chi connectivity index (χ1n) is 3.70. The molecule has 0 spiro atoms. The van der Waals surface area contributed by atoms with E-state index in [2.05, 4.69) is 9.72 Å². The van der Waals surface area contributed by atoms with Crippen molar-refractivity contribution >= 4 is 22.6 Å². The Kier molecular flexibility index (Phi) is 3.73. The minimum absolute atomic E-state index is 0.0483. The highest BCUT2D eigenvalue weighted by molar-refractivity contribution is 14.1. The van der Waals surface area contributed by atoms with E-state index in [0.29, 0.717) is 0 Å². The van der Waals surface area contributed by atoms with Gasteiger partial charge in [0.1, 0.15) is 5.75 Å². The van der Waals surface area contributed by atoms with Gasteiger partial charge in [-0.3, -0.25) is 4.98 Å². The summed E-state index contributed by atoms with van der Waals surface area (Å²) in [4.78, 5) is 3.78. The van der Waals surface area contributed by atoms with E-state index >= 15 is 0 Å². The second-order valence-electron chi connectivity index (χ2n) is 2.45. The van der Waals surface area contributed by atoms with Crippen LogP contribution in [0.5, 0.6) is 5.75 Å². The van der Waals surface area contributed by atoms with Crippen molar-refractivity contribution in [1.82, 2.24) is 4.98 Å². The molecular weight excluding hydrogens is 324 g/mol. The molecule has 0 radical (unpaired) electrons. The summed E-state index contributed by atoms with van der Waals surface area (Å²) in [5, 5.41) is 8.41. The molecular formula is C8H4F3IN2O. The van der Waals surface area contributed by atoms with Crippen molar-refractivity contribution in [2.75, 3.05) is 0 Å². The standard InChI is InChI=1S/C8H4F3IN2O/c9-8(10,11)15-6-2-4-14-5(1-3-13)7(6)12/h2,4H,1H2. The van der Waals surface area contributed by atoms with Crippen LogP contribution in [0.1, 0.15) is 5.69 Å². The number of hydrogen-bond donors (Lipinski definition) is 0. The van der Waals surface area contributed by atoms with Crippen LogP contribution in [0.4, 0.5) is 13.2 Å². The van der Waals surface area contributed by atoms with Crippen molar-refractivity contribution in [2.24, 2.45) is 0 Å². The Bertz CT molecular complexity index is 400. The molecule has 0 saturated carbocycles. The van der Waals surface area contributed by atoms with Crippen molar-refractivity contribution in [1.29, 1.82) is 5.26 Å². The Morgan fingerprint density at radius 2 is 2.20 bits per heavy atom. The largest absolute Gasteiger partial charge is 0.573 e. The predicted molar refractivity (Wildman–Crippen MR) is 53.0 cm³/mol. The summed E-state index contributed by atoms with van der Waals surface area (Å²) in [6.07, 6.45) is -3.60. The Hall–Kier alpha value is -1.04. The smallest absolute Gasteiger partial charge is 0.405 e. The van der Waals surface area contributed by atoms with Gasteiger partial charge >= 0.3 is 6.36 Å². The lowest BCUT2D eigenvalue weighted by Gasteiger charge is -2.11. The Balaban J connectivity index is 3.00. The molecule has 0 bridgehead atoms. The van der Waals surface area contributed by atoms with Gasteiger partial charge in [-0.25, -0.2) is 0 Å². The highest BCUT2D eigenvalue weighted by Crippen LogP contribution is 2.28. The molecule has 0 aliphatic heterocycles. The van der Waals surface area contributed by atoms with Crippen molar-refractivity contribution in [3.8, 4) is 11.8 Å². The lowest BCUT2D eigenvalue weighted by atomic mass is 10.3. The normalized spacial score (nSPS) is 10.9. The van der Waals surface area contributed by atoms with Crippen LogP contribution in [0.2, 0.25) is 0 Å². The zero-order chi connectivity index (χ0) is 11.5. The van der Waals surface area contributed by atoms with Gasteiger partial charge in [0.2, 0.25) is 0 Å². The monoisotopic (exact) mass is 328 g/mol. The van der Waals surface area contributed by atoms with Crippen LogP contribution in [0, 0.1) is 14.9 Å². The maximum absolute atomic E-state index is 11.9. The first kappa shape index (κ1) is 12.0. The lowest BCUT2D eigenvalue weighted by molar-refractivity contribution is -0.275. The van der Waals surface area contributed by atoms with Crippen molar-refractivity contribution < 1.29 is 17.9 Å². The number of aromatic nitrogens is 1. The summed E-state index contributed by atoms with van der Waals surface area (Å²) >= 11 is 1.67. The van der Waals surface area contributed by atoms with Gasteiger partial charge in [0.05, 0.1) is 21.8 Å². The molecule has 3 nitrogen and oxygen atoms in total. The van der Waals surface area contributed by atoms with E-state index in [4.69, 9.17) is 5.26 Å². The Labute approximate surface area is 97.0 Å². The van der Waals surface area contributed by atoms with Crippen LogP contribution in [-0.2, 0) is 6.42 Å². The van der Waals surface area contributed by atoms with Crippen LogP contribution in [-0.4, -0.2) is 11.3 Å². The van der Waals surface area contributed by atoms with Crippen LogP contribution >= 0.6 is 22.6 Å². The third kappa shape index (κ3) is 3.54. The van der Waals surface area contributed by atoms with Crippen LogP contribution < -0.4 is 4.74 Å². The molecule has 0 unspecified atom stereocenters. The molecule has 1 aromatic heterocycles. The summed E-state index contributed by atoms with van der Waals surface area (Å²) < 4.78 is 39.7. The molecule has 0 fully saturated rings. The molecule has 1 aromatic rings. The van der Waals surface area contributed by atoms with Crippen molar-refractivity contribution in [2.45, 2.75) is 12.8 Å². The second kappa shape index (κ2) is 4.65. The minimum atomic E-state index is -4.73. The van der Waals surface area contributed by atoms with E-state index < -0.39 is 6.36 Å². The fraction of sp³-hybridized carbons (Fsp3) is 0.250. The SMILES string of the molecule is N#CCc1nccc(OC(F)(F)F)c1I. The van der Waals surface area contributed by atoms with Gasteiger partial charge in [-0.1, -0.05) is 0 Å². The van der Waals surface area contributed by atoms with E-state index in [1.807, 2.05) is 6.07 Å². The number of rotatable bonds is 2. The molecule has 7 heteroatoms. The molecule has 0 amide bonds. The van der Waals surface area contributed by atoms with E-state index in [1.165, 1.54) is 6.20 Å². The number of alkyl halides is 3. The minimum Gasteiger partial charge on any atom is -0.405 e. The molecule has 0 atom stereocenters. The fourth-order valence-corrected chi connectivity index (χ4v) is 1.49. The summed E-state index contributed by atoms with van der Waals surface area (Å²) in [6, 6.07) is 2.92. The predicted octanol–water partition coefficient (Wildman–Crippen LogP) is 2.65. The maximum Gasteiger partial charge on any atom is 0.573 e. The summed E-state index contributed by atoms with van der Waals surface area (Å²) in [7, 11) is 0. The summed E-state index contributed by atoms with van der Waals surface area (Å²) in [6.45, 7) is 0. The Morgan fingerprint density at radius 1 is 1.53 bits per heavy atom. The van der Waals surface area contributed by atoms with E-state index in [0.717, 1.165) is 6.07 Å². The number of hydrogen-bond acceptors (Lipinski definition) is 3. The quantitative estimate of drug-likeness (QED) is 0.784. The highest BCUT2D eigenvalue weighted by atomic mass is 127. The van der Waals surface area contributed by atoms with Crippen molar-refractivity contribution in [3.63, 3.8) is 0 Å². The number of pyridine rings is 1. The third-order valence-corrected chi connectivity index (χ3v) is 2.55. The zero-order valence-electron chi connectivity index (χ0n) is 7.18. The summed E-state index contributed by atoms with van der Waals surface area (Å²) in [5.41, 5.74) is 0.278. The molecule has 0 N–H and O–H groups in total. The summed E-state index contributed by atoms with van der Waals surface area (Å²) in [5.74, 6) is -0.330. The number of nitrogens with zero attached hydrogens (tertiary/aromatic N) is 2. The second-order valence-corrected chi connectivity index (χ2v) is 3.53. The van der Waals surface area contributed by atoms with E-state index in [1.54, 1.807) is 22.6 Å². The van der Waals surface area contributed by atoms with Crippen molar-refractivity contribution in [3.05, 3.63) is 21.5 Å². The fourth-order valence-electron chi connectivity index (χ4n) is 0.869. The topological polar surface area (TPSA) is 45.9 Å². The zero-order valence-corrected chi connectivity index (χ0v) is 9.33. The number of ether oxygens (including phenoxy) is 1. The lowest BCUT2D eigenvalue weighted by Crippen LogP contribution is -2.18. The average molecular weight is 328 g/mol. The van der Waals surface area contributed by atoms with Crippen LogP contribution in [0.3, 0.4) is 0 Å². The Morgan fingerprint density at radius 3 is 2.73 bits per heavy atom. The maximum atomic E-state index is 11.9. The van der Waals surface area contributed by atoms with Gasteiger partial charge in [0.15, 0.2) is 0 Å².